The van der Waals surface area contributed by atoms with Gasteiger partial charge in [0.05, 0.1) is 0 Å². The molecule has 1 saturated heterocycles. The number of hydrogen-bond donors (Lipinski definition) is 0. The molecule has 1 aromatic carbocycles. The van der Waals surface area contributed by atoms with Crippen LogP contribution < -0.4 is 4.90 Å². The zero-order valence-corrected chi connectivity index (χ0v) is 6.56. The Morgan fingerprint density at radius 1 is 1.25 bits per heavy atom. The summed E-state index contributed by atoms with van der Waals surface area (Å²) in [6.45, 7) is 0.743. The SMILES string of the molecule is O=C1CN(c2ccccc2)CO1. The Balaban J connectivity index is 2.16. The molecule has 0 bridgehead atoms. The van der Waals surface area contributed by atoms with Gasteiger partial charge in [-0.25, -0.2) is 0 Å². The Hall–Kier alpha value is -1.51. The minimum atomic E-state index is -0.154. The van der Waals surface area contributed by atoms with Crippen molar-refractivity contribution in [2.45, 2.75) is 0 Å². The number of anilines is 1. The van der Waals surface area contributed by atoms with Crippen molar-refractivity contribution in [2.24, 2.45) is 0 Å². The molecule has 1 aliphatic rings. The molecule has 0 atom stereocenters. The normalized spacial score (nSPS) is 16.3. The first kappa shape index (κ1) is 7.16. The fourth-order valence-corrected chi connectivity index (χ4v) is 1.20. The van der Waals surface area contributed by atoms with Crippen LogP contribution in [0.15, 0.2) is 30.3 Å². The van der Waals surface area contributed by atoms with Crippen molar-refractivity contribution in [3.05, 3.63) is 30.3 Å². The van der Waals surface area contributed by atoms with E-state index >= 15 is 0 Å². The molecule has 1 aromatic rings. The van der Waals surface area contributed by atoms with Gasteiger partial charge in [-0.1, -0.05) is 18.2 Å². The topological polar surface area (TPSA) is 29.5 Å². The minimum absolute atomic E-state index is 0.154. The van der Waals surface area contributed by atoms with Gasteiger partial charge in [-0.15, -0.1) is 0 Å². The molecular weight excluding hydrogens is 154 g/mol. The van der Waals surface area contributed by atoms with Crippen molar-refractivity contribution in [1.29, 1.82) is 0 Å². The van der Waals surface area contributed by atoms with E-state index in [9.17, 15) is 4.79 Å². The van der Waals surface area contributed by atoms with Gasteiger partial charge in [-0.3, -0.25) is 4.79 Å². The van der Waals surface area contributed by atoms with E-state index in [0.29, 0.717) is 13.3 Å². The van der Waals surface area contributed by atoms with Gasteiger partial charge in [0.1, 0.15) is 6.54 Å². The summed E-state index contributed by atoms with van der Waals surface area (Å²) in [5.74, 6) is -0.154. The van der Waals surface area contributed by atoms with E-state index in [1.165, 1.54) is 0 Å². The maximum atomic E-state index is 10.8. The van der Waals surface area contributed by atoms with Crippen LogP contribution in [0.2, 0.25) is 0 Å². The van der Waals surface area contributed by atoms with Crippen LogP contribution in [0.3, 0.4) is 0 Å². The molecule has 2 rings (SSSR count). The van der Waals surface area contributed by atoms with Gasteiger partial charge in [0.2, 0.25) is 0 Å². The van der Waals surface area contributed by atoms with Crippen molar-refractivity contribution >= 4 is 11.7 Å². The van der Waals surface area contributed by atoms with E-state index in [2.05, 4.69) is 0 Å². The summed E-state index contributed by atoms with van der Waals surface area (Å²) in [4.78, 5) is 12.7. The predicted molar refractivity (Wildman–Crippen MR) is 44.7 cm³/mol. The molecular formula is C9H9NO2. The third kappa shape index (κ3) is 1.25. The number of esters is 1. The Morgan fingerprint density at radius 3 is 2.58 bits per heavy atom. The summed E-state index contributed by atoms with van der Waals surface area (Å²) in [7, 11) is 0. The second-order valence-corrected chi connectivity index (χ2v) is 2.68. The zero-order valence-electron chi connectivity index (χ0n) is 6.56. The molecule has 1 heterocycles. The smallest absolute Gasteiger partial charge is 0.327 e. The first-order chi connectivity index (χ1) is 5.86. The van der Waals surface area contributed by atoms with Crippen molar-refractivity contribution in [2.75, 3.05) is 18.2 Å². The fraction of sp³-hybridized carbons (Fsp3) is 0.222. The van der Waals surface area contributed by atoms with Crippen LogP contribution in [0.4, 0.5) is 5.69 Å². The molecule has 0 aliphatic carbocycles. The largest absolute Gasteiger partial charge is 0.443 e. The maximum Gasteiger partial charge on any atom is 0.327 e. The van der Waals surface area contributed by atoms with Gasteiger partial charge in [0, 0.05) is 5.69 Å². The molecule has 0 amide bonds. The zero-order chi connectivity index (χ0) is 8.39. The summed E-state index contributed by atoms with van der Waals surface area (Å²) < 4.78 is 4.81. The lowest BCUT2D eigenvalue weighted by Crippen LogP contribution is -2.19. The van der Waals surface area contributed by atoms with Crippen LogP contribution in [0.25, 0.3) is 0 Å². The van der Waals surface area contributed by atoms with Crippen molar-refractivity contribution in [1.82, 2.24) is 0 Å². The highest BCUT2D eigenvalue weighted by atomic mass is 16.6. The summed E-state index contributed by atoms with van der Waals surface area (Å²) >= 11 is 0. The highest BCUT2D eigenvalue weighted by Crippen LogP contribution is 2.15. The molecule has 0 N–H and O–H groups in total. The molecule has 0 spiro atoms. The molecule has 0 saturated carbocycles. The molecule has 0 radical (unpaired) electrons. The third-order valence-electron chi connectivity index (χ3n) is 1.82. The van der Waals surface area contributed by atoms with Gasteiger partial charge in [0.25, 0.3) is 0 Å². The Kier molecular flexibility index (Phi) is 1.70. The second kappa shape index (κ2) is 2.85. The number of para-hydroxylation sites is 1. The number of nitrogens with zero attached hydrogens (tertiary/aromatic N) is 1. The Labute approximate surface area is 70.6 Å². The molecule has 1 fully saturated rings. The van der Waals surface area contributed by atoms with E-state index in [1.807, 2.05) is 35.2 Å². The molecule has 12 heavy (non-hydrogen) atoms. The second-order valence-electron chi connectivity index (χ2n) is 2.68. The van der Waals surface area contributed by atoms with E-state index in [4.69, 9.17) is 4.74 Å². The molecule has 0 unspecified atom stereocenters. The van der Waals surface area contributed by atoms with Crippen LogP contribution in [0.5, 0.6) is 0 Å². The first-order valence-electron chi connectivity index (χ1n) is 3.82. The first-order valence-corrected chi connectivity index (χ1v) is 3.82. The van der Waals surface area contributed by atoms with Crippen molar-refractivity contribution in [3.63, 3.8) is 0 Å². The number of rotatable bonds is 1. The van der Waals surface area contributed by atoms with E-state index < -0.39 is 0 Å². The van der Waals surface area contributed by atoms with E-state index in [0.717, 1.165) is 5.69 Å². The molecule has 3 nitrogen and oxygen atoms in total. The number of carbonyl (C=O) groups is 1. The van der Waals surface area contributed by atoms with Gasteiger partial charge < -0.3 is 9.64 Å². The van der Waals surface area contributed by atoms with Crippen LogP contribution in [0, 0.1) is 0 Å². The number of ether oxygens (including phenoxy) is 1. The van der Waals surface area contributed by atoms with E-state index in [-0.39, 0.29) is 5.97 Å². The van der Waals surface area contributed by atoms with E-state index in [1.54, 1.807) is 0 Å². The highest BCUT2D eigenvalue weighted by Gasteiger charge is 2.19. The van der Waals surface area contributed by atoms with Crippen molar-refractivity contribution < 1.29 is 9.53 Å². The summed E-state index contributed by atoms with van der Waals surface area (Å²) in [5, 5.41) is 0. The number of hydrogen-bond acceptors (Lipinski definition) is 3. The summed E-state index contributed by atoms with van der Waals surface area (Å²) in [5.41, 5.74) is 1.03. The van der Waals surface area contributed by atoms with Gasteiger partial charge in [-0.2, -0.15) is 0 Å². The summed E-state index contributed by atoms with van der Waals surface area (Å²) in [6.07, 6.45) is 0. The lowest BCUT2D eigenvalue weighted by Gasteiger charge is -2.12. The lowest BCUT2D eigenvalue weighted by atomic mass is 10.3. The average molecular weight is 163 g/mol. The van der Waals surface area contributed by atoms with Gasteiger partial charge in [0.15, 0.2) is 6.73 Å². The Morgan fingerprint density at radius 2 is 2.00 bits per heavy atom. The Bertz CT molecular complexity index is 284. The lowest BCUT2D eigenvalue weighted by molar-refractivity contribution is -0.136. The molecule has 0 aromatic heterocycles. The van der Waals surface area contributed by atoms with Crippen LogP contribution in [0.1, 0.15) is 0 Å². The standard InChI is InChI=1S/C9H9NO2/c11-9-6-10(7-12-9)8-4-2-1-3-5-8/h1-5H,6-7H2. The van der Waals surface area contributed by atoms with Crippen LogP contribution >= 0.6 is 0 Å². The number of benzene rings is 1. The third-order valence-corrected chi connectivity index (χ3v) is 1.82. The molecule has 3 heteroatoms. The number of cyclic esters (lactones) is 1. The molecule has 1 aliphatic heterocycles. The quantitative estimate of drug-likeness (QED) is 0.578. The minimum Gasteiger partial charge on any atom is -0.443 e. The average Bonchev–Trinajstić information content (AvgIpc) is 2.54. The summed E-state index contributed by atoms with van der Waals surface area (Å²) in [6, 6.07) is 9.75. The van der Waals surface area contributed by atoms with Crippen molar-refractivity contribution in [3.8, 4) is 0 Å². The van der Waals surface area contributed by atoms with Crippen LogP contribution in [-0.2, 0) is 9.53 Å². The predicted octanol–water partition coefficient (Wildman–Crippen LogP) is 1.01. The maximum absolute atomic E-state index is 10.8. The monoisotopic (exact) mass is 163 g/mol. The highest BCUT2D eigenvalue weighted by molar-refractivity contribution is 5.78. The van der Waals surface area contributed by atoms with Gasteiger partial charge in [-0.05, 0) is 12.1 Å². The van der Waals surface area contributed by atoms with Crippen LogP contribution in [-0.4, -0.2) is 19.2 Å². The van der Waals surface area contributed by atoms with Gasteiger partial charge >= 0.3 is 5.97 Å². The number of carbonyl (C=O) groups excluding carboxylic acids is 1. The fourth-order valence-electron chi connectivity index (χ4n) is 1.20. The molecule has 62 valence electrons.